The zero-order valence-corrected chi connectivity index (χ0v) is 14.3. The summed E-state index contributed by atoms with van der Waals surface area (Å²) in [5.41, 5.74) is 7.14. The van der Waals surface area contributed by atoms with Gasteiger partial charge < -0.3 is 21.3 Å². The van der Waals surface area contributed by atoms with Crippen LogP contribution in [-0.4, -0.2) is 41.4 Å². The third kappa shape index (κ3) is 3.11. The van der Waals surface area contributed by atoms with Crippen molar-refractivity contribution < 1.29 is 9.59 Å². The van der Waals surface area contributed by atoms with E-state index >= 15 is 0 Å². The Balaban J connectivity index is 1.66. The van der Waals surface area contributed by atoms with Gasteiger partial charge in [0, 0.05) is 13.1 Å². The Labute approximate surface area is 142 Å². The van der Waals surface area contributed by atoms with Crippen LogP contribution in [0.3, 0.4) is 0 Å². The summed E-state index contributed by atoms with van der Waals surface area (Å²) in [6.45, 7) is 5.22. The molecule has 1 aromatic rings. The van der Waals surface area contributed by atoms with Gasteiger partial charge in [-0.25, -0.2) is 0 Å². The van der Waals surface area contributed by atoms with Crippen LogP contribution in [-0.2, 0) is 9.59 Å². The van der Waals surface area contributed by atoms with Gasteiger partial charge in [0.2, 0.25) is 11.8 Å². The number of carbonyl (C=O) groups excluding carboxylic acids is 2. The number of anilines is 2. The highest BCUT2D eigenvalue weighted by atomic mass is 16.2. The number of piperidine rings is 1. The van der Waals surface area contributed by atoms with E-state index in [2.05, 4.69) is 24.5 Å². The van der Waals surface area contributed by atoms with Crippen molar-refractivity contribution in [2.24, 2.45) is 11.7 Å². The topological polar surface area (TPSA) is 87.5 Å². The van der Waals surface area contributed by atoms with E-state index in [1.807, 2.05) is 24.3 Å². The second kappa shape index (κ2) is 6.43. The standard InChI is InChI=1S/C18H26N4O2/c1-12(2)11-13(19)16(23)22-9-7-18(8-10-22)17(24)20-14-5-3-4-6-15(14)21-18/h3-6,12-13,21H,7-11,19H2,1-2H3,(H,20,24). The number of carbonyl (C=O) groups is 2. The average Bonchev–Trinajstić information content (AvgIpc) is 2.55. The van der Waals surface area contributed by atoms with Crippen molar-refractivity contribution in [1.29, 1.82) is 0 Å². The maximum absolute atomic E-state index is 12.6. The van der Waals surface area contributed by atoms with Crippen molar-refractivity contribution in [2.75, 3.05) is 23.7 Å². The molecule has 2 heterocycles. The van der Waals surface area contributed by atoms with Crippen molar-refractivity contribution in [3.8, 4) is 0 Å². The first-order chi connectivity index (χ1) is 11.4. The molecular formula is C18H26N4O2. The number of para-hydroxylation sites is 2. The zero-order chi connectivity index (χ0) is 17.3. The molecule has 2 aliphatic rings. The first-order valence-corrected chi connectivity index (χ1v) is 8.64. The van der Waals surface area contributed by atoms with Crippen molar-refractivity contribution in [2.45, 2.75) is 44.7 Å². The third-order valence-electron chi connectivity index (χ3n) is 4.96. The molecule has 1 saturated heterocycles. The fraction of sp³-hybridized carbons (Fsp3) is 0.556. The Morgan fingerprint density at radius 3 is 2.50 bits per heavy atom. The average molecular weight is 330 g/mol. The van der Waals surface area contributed by atoms with Gasteiger partial charge in [0.1, 0.15) is 5.54 Å². The fourth-order valence-electron chi connectivity index (χ4n) is 3.56. The minimum absolute atomic E-state index is 0.00447. The molecule has 1 aromatic carbocycles. The quantitative estimate of drug-likeness (QED) is 0.788. The van der Waals surface area contributed by atoms with E-state index in [0.717, 1.165) is 11.4 Å². The van der Waals surface area contributed by atoms with Crippen LogP contribution in [0.2, 0.25) is 0 Å². The van der Waals surface area contributed by atoms with Crippen LogP contribution < -0.4 is 16.4 Å². The number of fused-ring (bicyclic) bond motifs is 1. The lowest BCUT2D eigenvalue weighted by Gasteiger charge is -2.44. The monoisotopic (exact) mass is 330 g/mol. The van der Waals surface area contributed by atoms with Gasteiger partial charge >= 0.3 is 0 Å². The van der Waals surface area contributed by atoms with Gasteiger partial charge in [-0.2, -0.15) is 0 Å². The van der Waals surface area contributed by atoms with Gasteiger partial charge in [-0.15, -0.1) is 0 Å². The molecule has 1 spiro atoms. The summed E-state index contributed by atoms with van der Waals surface area (Å²) in [7, 11) is 0. The summed E-state index contributed by atoms with van der Waals surface area (Å²) in [6, 6.07) is 7.24. The molecule has 2 amide bonds. The van der Waals surface area contributed by atoms with Crippen LogP contribution >= 0.6 is 0 Å². The predicted octanol–water partition coefficient (Wildman–Crippen LogP) is 1.79. The highest BCUT2D eigenvalue weighted by molar-refractivity contribution is 6.06. The van der Waals surface area contributed by atoms with E-state index < -0.39 is 11.6 Å². The zero-order valence-electron chi connectivity index (χ0n) is 14.3. The molecule has 0 bridgehead atoms. The molecule has 3 rings (SSSR count). The number of nitrogens with zero attached hydrogens (tertiary/aromatic N) is 1. The van der Waals surface area contributed by atoms with E-state index in [0.29, 0.717) is 38.3 Å². The van der Waals surface area contributed by atoms with Gasteiger partial charge in [0.25, 0.3) is 0 Å². The number of hydrogen-bond acceptors (Lipinski definition) is 4. The van der Waals surface area contributed by atoms with Crippen LogP contribution in [0.25, 0.3) is 0 Å². The van der Waals surface area contributed by atoms with E-state index in [9.17, 15) is 9.59 Å². The molecule has 1 fully saturated rings. The molecule has 1 atom stereocenters. The van der Waals surface area contributed by atoms with Crippen molar-refractivity contribution in [3.63, 3.8) is 0 Å². The van der Waals surface area contributed by atoms with Crippen LogP contribution in [0.15, 0.2) is 24.3 Å². The predicted molar refractivity (Wildman–Crippen MR) is 94.7 cm³/mol. The molecule has 6 heteroatoms. The van der Waals surface area contributed by atoms with Gasteiger partial charge in [0.05, 0.1) is 17.4 Å². The summed E-state index contributed by atoms with van der Waals surface area (Å²) >= 11 is 0. The molecule has 6 nitrogen and oxygen atoms in total. The van der Waals surface area contributed by atoms with Crippen molar-refractivity contribution in [1.82, 2.24) is 4.90 Å². The maximum Gasteiger partial charge on any atom is 0.250 e. The van der Waals surface area contributed by atoms with Crippen molar-refractivity contribution >= 4 is 23.2 Å². The van der Waals surface area contributed by atoms with Gasteiger partial charge in [-0.05, 0) is 37.3 Å². The maximum atomic E-state index is 12.6. The molecule has 24 heavy (non-hydrogen) atoms. The Kier molecular flexibility index (Phi) is 4.49. The van der Waals surface area contributed by atoms with Gasteiger partial charge in [0.15, 0.2) is 0 Å². The van der Waals surface area contributed by atoms with Crippen LogP contribution in [0.1, 0.15) is 33.1 Å². The lowest BCUT2D eigenvalue weighted by molar-refractivity contribution is -0.136. The Hall–Kier alpha value is -2.08. The van der Waals surface area contributed by atoms with E-state index in [1.165, 1.54) is 0 Å². The SMILES string of the molecule is CC(C)CC(N)C(=O)N1CCC2(CC1)Nc1ccccc1NC2=O. The molecule has 0 saturated carbocycles. The Bertz CT molecular complexity index is 636. The summed E-state index contributed by atoms with van der Waals surface area (Å²) in [5.74, 6) is 0.373. The van der Waals surface area contributed by atoms with Crippen LogP contribution in [0.5, 0.6) is 0 Å². The molecule has 1 unspecified atom stereocenters. The van der Waals surface area contributed by atoms with E-state index in [-0.39, 0.29) is 11.8 Å². The highest BCUT2D eigenvalue weighted by Gasteiger charge is 2.45. The smallest absolute Gasteiger partial charge is 0.250 e. The Morgan fingerprint density at radius 1 is 1.25 bits per heavy atom. The lowest BCUT2D eigenvalue weighted by atomic mass is 9.84. The number of benzene rings is 1. The number of likely N-dealkylation sites (tertiary alicyclic amines) is 1. The molecular weight excluding hydrogens is 304 g/mol. The van der Waals surface area contributed by atoms with E-state index in [4.69, 9.17) is 5.73 Å². The molecule has 0 aliphatic carbocycles. The first-order valence-electron chi connectivity index (χ1n) is 8.64. The molecule has 2 aliphatic heterocycles. The normalized spacial score (nSPS) is 20.3. The molecule has 0 radical (unpaired) electrons. The van der Waals surface area contributed by atoms with Crippen LogP contribution in [0.4, 0.5) is 11.4 Å². The second-order valence-corrected chi connectivity index (χ2v) is 7.27. The minimum atomic E-state index is -0.632. The summed E-state index contributed by atoms with van der Waals surface area (Å²) < 4.78 is 0. The number of hydrogen-bond donors (Lipinski definition) is 3. The molecule has 4 N–H and O–H groups in total. The number of rotatable bonds is 3. The molecule has 130 valence electrons. The summed E-state index contributed by atoms with van der Waals surface area (Å²) in [6.07, 6.45) is 1.87. The van der Waals surface area contributed by atoms with Gasteiger partial charge in [-0.3, -0.25) is 9.59 Å². The van der Waals surface area contributed by atoms with Gasteiger partial charge in [-0.1, -0.05) is 26.0 Å². The van der Waals surface area contributed by atoms with Crippen LogP contribution in [0, 0.1) is 5.92 Å². The number of amides is 2. The number of nitrogens with two attached hydrogens (primary N) is 1. The van der Waals surface area contributed by atoms with E-state index in [1.54, 1.807) is 4.90 Å². The van der Waals surface area contributed by atoms with Crippen molar-refractivity contribution in [3.05, 3.63) is 24.3 Å². The lowest BCUT2D eigenvalue weighted by Crippen LogP contribution is -2.60. The summed E-state index contributed by atoms with van der Waals surface area (Å²) in [5, 5.41) is 6.39. The Morgan fingerprint density at radius 2 is 1.88 bits per heavy atom. The minimum Gasteiger partial charge on any atom is -0.369 e. The highest BCUT2D eigenvalue weighted by Crippen LogP contribution is 2.36. The largest absolute Gasteiger partial charge is 0.369 e. The number of nitrogens with one attached hydrogen (secondary N) is 2. The summed E-state index contributed by atoms with van der Waals surface area (Å²) in [4.78, 5) is 26.9. The second-order valence-electron chi connectivity index (χ2n) is 7.27. The third-order valence-corrected chi connectivity index (χ3v) is 4.96. The fourth-order valence-corrected chi connectivity index (χ4v) is 3.56. The first kappa shape index (κ1) is 16.8. The molecule has 0 aromatic heterocycles.